The first-order valence-corrected chi connectivity index (χ1v) is 8.43. The molecule has 0 spiro atoms. The van der Waals surface area contributed by atoms with E-state index in [0.717, 1.165) is 23.5 Å². The first kappa shape index (κ1) is 12.8. The summed E-state index contributed by atoms with van der Waals surface area (Å²) in [4.78, 5) is 19.1. The second-order valence-corrected chi connectivity index (χ2v) is 7.33. The van der Waals surface area contributed by atoms with E-state index in [9.17, 15) is 0 Å². The lowest BCUT2D eigenvalue weighted by atomic mass is 9.72. The molecule has 22 heavy (non-hydrogen) atoms. The maximum Gasteiger partial charge on any atom is 0.182 e. The molecule has 3 fully saturated rings. The van der Waals surface area contributed by atoms with Crippen LogP contribution < -0.4 is 10.2 Å². The van der Waals surface area contributed by atoms with Gasteiger partial charge in [0.15, 0.2) is 11.5 Å². The fourth-order valence-corrected chi connectivity index (χ4v) is 5.23. The van der Waals surface area contributed by atoms with Crippen LogP contribution in [0.1, 0.15) is 39.0 Å². The molecule has 4 atom stereocenters. The number of anilines is 1. The number of fused-ring (bicyclic) bond motifs is 2. The second-order valence-electron chi connectivity index (χ2n) is 7.33. The zero-order valence-electron chi connectivity index (χ0n) is 12.9. The van der Waals surface area contributed by atoms with Crippen molar-refractivity contribution in [1.82, 2.24) is 25.3 Å². The van der Waals surface area contributed by atoms with Gasteiger partial charge in [0.1, 0.15) is 11.8 Å². The second kappa shape index (κ2) is 4.41. The van der Waals surface area contributed by atoms with Crippen LogP contribution in [-0.4, -0.2) is 44.6 Å². The minimum absolute atomic E-state index is 0.358. The summed E-state index contributed by atoms with van der Waals surface area (Å²) in [5, 5.41) is 3.82. The van der Waals surface area contributed by atoms with Gasteiger partial charge in [-0.2, -0.15) is 0 Å². The molecule has 5 rings (SSSR count). The van der Waals surface area contributed by atoms with Gasteiger partial charge in [-0.3, -0.25) is 0 Å². The molecule has 3 aliphatic rings. The standard InChI is InChI=1S/C16H22N6/c1-16-6-10-7-17-11(16)4-2-3-5-12(16)22(10)15-13-14(19-8-18-13)20-9-21-15/h8-12,17H,2-7H2,1H3,(H,18,19,20,21)/t10-,11+,12-,16+/m0/s1. The van der Waals surface area contributed by atoms with Crippen LogP contribution in [0, 0.1) is 5.41 Å². The molecule has 2 saturated heterocycles. The van der Waals surface area contributed by atoms with E-state index in [-0.39, 0.29) is 0 Å². The molecule has 116 valence electrons. The Labute approximate surface area is 129 Å². The first-order valence-electron chi connectivity index (χ1n) is 8.43. The van der Waals surface area contributed by atoms with E-state index in [1.165, 1.54) is 32.1 Å². The van der Waals surface area contributed by atoms with Crippen LogP contribution in [-0.2, 0) is 0 Å². The minimum atomic E-state index is 0.358. The van der Waals surface area contributed by atoms with Crippen molar-refractivity contribution < 1.29 is 0 Å². The zero-order chi connectivity index (χ0) is 14.7. The maximum absolute atomic E-state index is 4.65. The predicted molar refractivity (Wildman–Crippen MR) is 84.7 cm³/mol. The Morgan fingerprint density at radius 1 is 1.23 bits per heavy atom. The summed E-state index contributed by atoms with van der Waals surface area (Å²) >= 11 is 0. The Kier molecular flexibility index (Phi) is 2.57. The lowest BCUT2D eigenvalue weighted by Crippen LogP contribution is -2.51. The van der Waals surface area contributed by atoms with E-state index in [1.54, 1.807) is 12.7 Å². The summed E-state index contributed by atoms with van der Waals surface area (Å²) in [6, 6.07) is 1.76. The average Bonchev–Trinajstić information content (AvgIpc) is 3.04. The van der Waals surface area contributed by atoms with Crippen LogP contribution in [0.5, 0.6) is 0 Å². The van der Waals surface area contributed by atoms with Crippen LogP contribution in [0.2, 0.25) is 0 Å². The van der Waals surface area contributed by atoms with Crippen molar-refractivity contribution in [3.8, 4) is 0 Å². The molecule has 1 aliphatic carbocycles. The number of aromatic nitrogens is 4. The first-order chi connectivity index (χ1) is 10.8. The van der Waals surface area contributed by atoms with Gasteiger partial charge in [-0.25, -0.2) is 15.0 Å². The molecule has 0 radical (unpaired) electrons. The largest absolute Gasteiger partial charge is 0.347 e. The molecule has 6 nitrogen and oxygen atoms in total. The van der Waals surface area contributed by atoms with Crippen LogP contribution >= 0.6 is 0 Å². The number of hydrogen-bond acceptors (Lipinski definition) is 5. The van der Waals surface area contributed by atoms with Crippen molar-refractivity contribution in [2.75, 3.05) is 11.4 Å². The molecule has 0 unspecified atom stereocenters. The van der Waals surface area contributed by atoms with Gasteiger partial charge in [-0.1, -0.05) is 19.8 Å². The third-order valence-electron chi connectivity index (χ3n) is 6.23. The lowest BCUT2D eigenvalue weighted by Gasteiger charge is -2.39. The van der Waals surface area contributed by atoms with Crippen molar-refractivity contribution in [2.24, 2.45) is 5.41 Å². The number of piperidine rings is 1. The summed E-state index contributed by atoms with van der Waals surface area (Å²) in [6.07, 6.45) is 9.90. The van der Waals surface area contributed by atoms with Gasteiger partial charge in [0.05, 0.1) is 6.33 Å². The normalized spacial score (nSPS) is 37.5. The Morgan fingerprint density at radius 3 is 3.09 bits per heavy atom. The zero-order valence-corrected chi connectivity index (χ0v) is 12.9. The topological polar surface area (TPSA) is 69.7 Å². The number of nitrogens with zero attached hydrogens (tertiary/aromatic N) is 4. The number of H-pyrrole nitrogens is 1. The molecule has 0 aromatic carbocycles. The van der Waals surface area contributed by atoms with E-state index in [0.29, 0.717) is 23.5 Å². The average molecular weight is 298 g/mol. The minimum Gasteiger partial charge on any atom is -0.347 e. The van der Waals surface area contributed by atoms with E-state index in [2.05, 4.69) is 37.1 Å². The van der Waals surface area contributed by atoms with Crippen LogP contribution in [0.15, 0.2) is 12.7 Å². The maximum atomic E-state index is 4.65. The number of aromatic amines is 1. The summed E-state index contributed by atoms with van der Waals surface area (Å²) in [5.41, 5.74) is 2.12. The van der Waals surface area contributed by atoms with E-state index >= 15 is 0 Å². The molecule has 0 amide bonds. The van der Waals surface area contributed by atoms with Crippen LogP contribution in [0.25, 0.3) is 11.2 Å². The van der Waals surface area contributed by atoms with Crippen molar-refractivity contribution in [1.29, 1.82) is 0 Å². The van der Waals surface area contributed by atoms with Gasteiger partial charge in [0.25, 0.3) is 0 Å². The fraction of sp³-hybridized carbons (Fsp3) is 0.688. The van der Waals surface area contributed by atoms with E-state index in [1.807, 2.05) is 0 Å². The molecule has 2 aliphatic heterocycles. The van der Waals surface area contributed by atoms with E-state index in [4.69, 9.17) is 0 Å². The third kappa shape index (κ3) is 1.56. The number of rotatable bonds is 1. The summed E-state index contributed by atoms with van der Waals surface area (Å²) in [5.74, 6) is 1.05. The number of nitrogens with one attached hydrogen (secondary N) is 2. The number of imidazole rings is 1. The monoisotopic (exact) mass is 298 g/mol. The van der Waals surface area contributed by atoms with Gasteiger partial charge in [0.2, 0.25) is 0 Å². The molecular formula is C16H22N6. The highest BCUT2D eigenvalue weighted by Gasteiger charge is 2.56. The molecule has 2 N–H and O–H groups in total. The predicted octanol–water partition coefficient (Wildman–Crippen LogP) is 1.85. The van der Waals surface area contributed by atoms with Crippen molar-refractivity contribution >= 4 is 17.0 Å². The highest BCUT2D eigenvalue weighted by Crippen LogP contribution is 2.52. The quantitative estimate of drug-likeness (QED) is 0.841. The van der Waals surface area contributed by atoms with Crippen molar-refractivity contribution in [3.63, 3.8) is 0 Å². The van der Waals surface area contributed by atoms with Crippen LogP contribution in [0.4, 0.5) is 5.82 Å². The van der Waals surface area contributed by atoms with Gasteiger partial charge in [-0.05, 0) is 19.3 Å². The smallest absolute Gasteiger partial charge is 0.182 e. The number of hydrogen-bond donors (Lipinski definition) is 2. The Hall–Kier alpha value is -1.69. The molecule has 1 saturated carbocycles. The Morgan fingerprint density at radius 2 is 2.14 bits per heavy atom. The van der Waals surface area contributed by atoms with E-state index < -0.39 is 0 Å². The van der Waals surface area contributed by atoms with Gasteiger partial charge in [0, 0.05) is 30.1 Å². The molecule has 2 aromatic rings. The SMILES string of the molecule is C[C@@]12C[C@H]3CN[C@@H]1CCCC[C@@H]2N3c1ncnc2nc[nH]c12. The highest BCUT2D eigenvalue weighted by atomic mass is 15.3. The van der Waals surface area contributed by atoms with Crippen molar-refractivity contribution in [2.45, 2.75) is 57.2 Å². The molecule has 2 aromatic heterocycles. The molecule has 6 heteroatoms. The molecule has 4 heterocycles. The van der Waals surface area contributed by atoms with Crippen LogP contribution in [0.3, 0.4) is 0 Å². The Balaban J connectivity index is 1.67. The molecule has 2 bridgehead atoms. The van der Waals surface area contributed by atoms with Crippen molar-refractivity contribution in [3.05, 3.63) is 12.7 Å². The lowest BCUT2D eigenvalue weighted by molar-refractivity contribution is 0.171. The van der Waals surface area contributed by atoms with Gasteiger partial charge in [-0.15, -0.1) is 0 Å². The van der Waals surface area contributed by atoms with Gasteiger partial charge >= 0.3 is 0 Å². The molecular weight excluding hydrogens is 276 g/mol. The summed E-state index contributed by atoms with van der Waals surface area (Å²) in [6.45, 7) is 3.55. The fourth-order valence-electron chi connectivity index (χ4n) is 5.23. The summed E-state index contributed by atoms with van der Waals surface area (Å²) in [7, 11) is 0. The Bertz CT molecular complexity index is 711. The highest BCUT2D eigenvalue weighted by molar-refractivity contribution is 5.83. The third-order valence-corrected chi connectivity index (χ3v) is 6.23. The summed E-state index contributed by atoms with van der Waals surface area (Å²) < 4.78 is 0. The van der Waals surface area contributed by atoms with Gasteiger partial charge < -0.3 is 15.2 Å².